The minimum absolute atomic E-state index is 0.0952. The molecule has 0 saturated heterocycles. The van der Waals surface area contributed by atoms with Crippen molar-refractivity contribution in [3.63, 3.8) is 0 Å². The second-order valence-electron chi connectivity index (χ2n) is 5.53. The lowest BCUT2D eigenvalue weighted by Crippen LogP contribution is -2.40. The maximum absolute atomic E-state index is 13.1. The van der Waals surface area contributed by atoms with Crippen LogP contribution in [0.5, 0.6) is 0 Å². The molecule has 0 bridgehead atoms. The molecule has 5 heteroatoms. The second kappa shape index (κ2) is 5.68. The van der Waals surface area contributed by atoms with Crippen molar-refractivity contribution in [1.29, 1.82) is 0 Å². The van der Waals surface area contributed by atoms with Gasteiger partial charge < -0.3 is 10.3 Å². The first kappa shape index (κ1) is 13.8. The third-order valence-electron chi connectivity index (χ3n) is 4.04. The number of nitrogens with one attached hydrogen (secondary N) is 2. The number of hydrogen-bond donors (Lipinski definition) is 2. The molecule has 0 aliphatic heterocycles. The maximum atomic E-state index is 13.1. The Morgan fingerprint density at radius 1 is 1.19 bits per heavy atom. The van der Waals surface area contributed by atoms with Crippen LogP contribution in [0.4, 0.5) is 4.39 Å². The van der Waals surface area contributed by atoms with E-state index in [9.17, 15) is 14.0 Å². The number of hydrogen-bond acceptors (Lipinski definition) is 2. The number of rotatable bonds is 3. The van der Waals surface area contributed by atoms with E-state index in [-0.39, 0.29) is 11.9 Å². The van der Waals surface area contributed by atoms with Crippen molar-refractivity contribution in [2.45, 2.75) is 38.1 Å². The highest BCUT2D eigenvalue weighted by Crippen LogP contribution is 2.21. The Balaban J connectivity index is 1.78. The number of ketones is 1. The minimum atomic E-state index is -0.577. The molecular formula is C16H17FN2O2. The van der Waals surface area contributed by atoms with Crippen LogP contribution in [-0.2, 0) is 4.79 Å². The van der Waals surface area contributed by atoms with Gasteiger partial charge in [-0.25, -0.2) is 4.39 Å². The maximum Gasteiger partial charge on any atom is 0.292 e. The average molecular weight is 288 g/mol. The number of Topliss-reactive ketones (excluding diaryl/α,β-unsaturated/α-hetero) is 1. The van der Waals surface area contributed by atoms with Crippen LogP contribution in [0.1, 0.15) is 42.5 Å². The lowest BCUT2D eigenvalue weighted by molar-refractivity contribution is -0.117. The monoisotopic (exact) mass is 288 g/mol. The SMILES string of the molecule is O=C(NC1CCCCC1)C(=O)c1c[nH]c2cc(F)ccc12. The number of benzene rings is 1. The lowest BCUT2D eigenvalue weighted by atomic mass is 9.95. The molecule has 1 heterocycles. The molecule has 0 unspecified atom stereocenters. The minimum Gasteiger partial charge on any atom is -0.360 e. The Morgan fingerprint density at radius 2 is 1.95 bits per heavy atom. The van der Waals surface area contributed by atoms with Gasteiger partial charge in [-0.2, -0.15) is 0 Å². The Kier molecular flexibility index (Phi) is 3.73. The molecule has 1 amide bonds. The van der Waals surface area contributed by atoms with Gasteiger partial charge in [-0.15, -0.1) is 0 Å². The van der Waals surface area contributed by atoms with E-state index in [1.807, 2.05) is 0 Å². The van der Waals surface area contributed by atoms with E-state index >= 15 is 0 Å². The fourth-order valence-electron chi connectivity index (χ4n) is 2.91. The quantitative estimate of drug-likeness (QED) is 0.674. The molecule has 4 nitrogen and oxygen atoms in total. The summed E-state index contributed by atoms with van der Waals surface area (Å²) in [6, 6.07) is 4.21. The zero-order valence-electron chi connectivity index (χ0n) is 11.6. The molecule has 0 spiro atoms. The van der Waals surface area contributed by atoms with E-state index in [0.29, 0.717) is 16.5 Å². The molecule has 0 radical (unpaired) electrons. The van der Waals surface area contributed by atoms with Crippen molar-refractivity contribution in [3.05, 3.63) is 35.8 Å². The number of H-pyrrole nitrogens is 1. The Labute approximate surface area is 121 Å². The van der Waals surface area contributed by atoms with Gasteiger partial charge in [0, 0.05) is 23.1 Å². The number of halogens is 1. The summed E-state index contributed by atoms with van der Waals surface area (Å²) >= 11 is 0. The summed E-state index contributed by atoms with van der Waals surface area (Å²) in [5, 5.41) is 3.38. The Morgan fingerprint density at radius 3 is 2.71 bits per heavy atom. The normalized spacial score (nSPS) is 16.0. The van der Waals surface area contributed by atoms with Crippen molar-refractivity contribution in [1.82, 2.24) is 10.3 Å². The number of amides is 1. The van der Waals surface area contributed by atoms with Gasteiger partial charge in [0.15, 0.2) is 0 Å². The second-order valence-corrected chi connectivity index (χ2v) is 5.53. The molecule has 1 aromatic heterocycles. The number of carbonyl (C=O) groups excluding carboxylic acids is 2. The van der Waals surface area contributed by atoms with E-state index in [4.69, 9.17) is 0 Å². The molecule has 1 aliphatic rings. The van der Waals surface area contributed by atoms with Crippen molar-refractivity contribution in [3.8, 4) is 0 Å². The summed E-state index contributed by atoms with van der Waals surface area (Å²) in [6.45, 7) is 0. The first-order chi connectivity index (χ1) is 10.1. The van der Waals surface area contributed by atoms with Crippen LogP contribution in [0, 0.1) is 5.82 Å². The van der Waals surface area contributed by atoms with Gasteiger partial charge >= 0.3 is 0 Å². The molecule has 1 fully saturated rings. The summed E-state index contributed by atoms with van der Waals surface area (Å²) in [6.07, 6.45) is 6.69. The van der Waals surface area contributed by atoms with Crippen LogP contribution in [0.2, 0.25) is 0 Å². The van der Waals surface area contributed by atoms with Crippen molar-refractivity contribution >= 4 is 22.6 Å². The van der Waals surface area contributed by atoms with Crippen LogP contribution in [-0.4, -0.2) is 22.7 Å². The molecule has 1 aromatic carbocycles. The van der Waals surface area contributed by atoms with E-state index < -0.39 is 11.7 Å². The van der Waals surface area contributed by atoms with Crippen LogP contribution in [0.25, 0.3) is 10.9 Å². The average Bonchev–Trinajstić information content (AvgIpc) is 2.90. The van der Waals surface area contributed by atoms with Gasteiger partial charge in [0.05, 0.1) is 5.56 Å². The summed E-state index contributed by atoms with van der Waals surface area (Å²) in [5.41, 5.74) is 0.808. The van der Waals surface area contributed by atoms with Crippen LogP contribution < -0.4 is 5.32 Å². The van der Waals surface area contributed by atoms with Crippen LogP contribution >= 0.6 is 0 Å². The van der Waals surface area contributed by atoms with E-state index in [1.54, 1.807) is 0 Å². The highest BCUT2D eigenvalue weighted by atomic mass is 19.1. The molecule has 0 atom stereocenters. The third kappa shape index (κ3) is 2.82. The molecule has 2 aromatic rings. The van der Waals surface area contributed by atoms with E-state index in [2.05, 4.69) is 10.3 Å². The van der Waals surface area contributed by atoms with Crippen LogP contribution in [0.15, 0.2) is 24.4 Å². The fraction of sp³-hybridized carbons (Fsp3) is 0.375. The van der Waals surface area contributed by atoms with Gasteiger partial charge in [0.25, 0.3) is 11.7 Å². The number of aromatic amines is 1. The first-order valence-electron chi connectivity index (χ1n) is 7.27. The molecule has 1 aliphatic carbocycles. The molecular weight excluding hydrogens is 271 g/mol. The zero-order chi connectivity index (χ0) is 14.8. The van der Waals surface area contributed by atoms with Crippen LogP contribution in [0.3, 0.4) is 0 Å². The smallest absolute Gasteiger partial charge is 0.292 e. The first-order valence-corrected chi connectivity index (χ1v) is 7.27. The molecule has 3 rings (SSSR count). The molecule has 2 N–H and O–H groups in total. The third-order valence-corrected chi connectivity index (χ3v) is 4.04. The highest BCUT2D eigenvalue weighted by Gasteiger charge is 2.23. The summed E-state index contributed by atoms with van der Waals surface area (Å²) in [5.74, 6) is -1.53. The molecule has 110 valence electrons. The summed E-state index contributed by atoms with van der Waals surface area (Å²) in [4.78, 5) is 27.2. The number of aromatic nitrogens is 1. The van der Waals surface area contributed by atoms with Crippen molar-refractivity contribution in [2.24, 2.45) is 0 Å². The van der Waals surface area contributed by atoms with Crippen molar-refractivity contribution in [2.75, 3.05) is 0 Å². The predicted octanol–water partition coefficient (Wildman–Crippen LogP) is 2.94. The zero-order valence-corrected chi connectivity index (χ0v) is 11.6. The molecule has 1 saturated carbocycles. The largest absolute Gasteiger partial charge is 0.360 e. The summed E-state index contributed by atoms with van der Waals surface area (Å²) in [7, 11) is 0. The van der Waals surface area contributed by atoms with E-state index in [0.717, 1.165) is 25.7 Å². The van der Waals surface area contributed by atoms with E-state index in [1.165, 1.54) is 30.8 Å². The van der Waals surface area contributed by atoms with Crippen molar-refractivity contribution < 1.29 is 14.0 Å². The standard InChI is InChI=1S/C16H17FN2O2/c17-10-6-7-12-13(9-18-14(12)8-10)15(20)16(21)19-11-4-2-1-3-5-11/h6-9,11,18H,1-5H2,(H,19,21). The number of carbonyl (C=O) groups is 2. The van der Waals surface area contributed by atoms with Gasteiger partial charge in [-0.05, 0) is 31.0 Å². The molecule has 21 heavy (non-hydrogen) atoms. The van der Waals surface area contributed by atoms with Gasteiger partial charge in [-0.3, -0.25) is 9.59 Å². The van der Waals surface area contributed by atoms with Gasteiger partial charge in [0.2, 0.25) is 0 Å². The Hall–Kier alpha value is -2.17. The van der Waals surface area contributed by atoms with Gasteiger partial charge in [-0.1, -0.05) is 19.3 Å². The Bertz CT molecular complexity index is 687. The topological polar surface area (TPSA) is 62.0 Å². The summed E-state index contributed by atoms with van der Waals surface area (Å²) < 4.78 is 13.1. The number of fused-ring (bicyclic) bond motifs is 1. The predicted molar refractivity (Wildman–Crippen MR) is 77.6 cm³/mol. The fourth-order valence-corrected chi connectivity index (χ4v) is 2.91. The highest BCUT2D eigenvalue weighted by molar-refractivity contribution is 6.45. The van der Waals surface area contributed by atoms with Gasteiger partial charge in [0.1, 0.15) is 5.82 Å². The lowest BCUT2D eigenvalue weighted by Gasteiger charge is -2.22.